The molecule has 1 fully saturated rings. The van der Waals surface area contributed by atoms with E-state index in [1.54, 1.807) is 38.3 Å². The number of nitrogens with one attached hydrogen (secondary N) is 1. The lowest BCUT2D eigenvalue weighted by Gasteiger charge is -2.29. The number of carbonyl (C=O) groups is 2. The molecule has 2 atom stereocenters. The van der Waals surface area contributed by atoms with Gasteiger partial charge in [0, 0.05) is 23.6 Å². The fourth-order valence-corrected chi connectivity index (χ4v) is 5.12. The molecule has 2 amide bonds. The number of tetrazole rings is 1. The van der Waals surface area contributed by atoms with Crippen molar-refractivity contribution in [1.29, 1.82) is 0 Å². The van der Waals surface area contributed by atoms with Crippen molar-refractivity contribution in [3.05, 3.63) is 70.3 Å². The zero-order valence-electron chi connectivity index (χ0n) is 21.8. The van der Waals surface area contributed by atoms with E-state index in [9.17, 15) is 9.59 Å². The molecule has 5 rings (SSSR count). The highest BCUT2D eigenvalue weighted by atomic mass is 32.1. The van der Waals surface area contributed by atoms with E-state index in [0.717, 1.165) is 23.3 Å². The Labute approximate surface area is 229 Å². The highest BCUT2D eigenvalue weighted by Gasteiger charge is 2.35. The van der Waals surface area contributed by atoms with E-state index >= 15 is 0 Å². The van der Waals surface area contributed by atoms with Crippen molar-refractivity contribution in [2.75, 3.05) is 20.3 Å². The number of hydrogen-bond donors (Lipinski definition) is 1. The Bertz CT molecular complexity index is 1380. The first-order valence-corrected chi connectivity index (χ1v) is 13.6. The summed E-state index contributed by atoms with van der Waals surface area (Å²) >= 11 is 1.51. The Morgan fingerprint density at radius 3 is 2.74 bits per heavy atom. The number of aromatic nitrogens is 4. The second-order valence-corrected chi connectivity index (χ2v) is 10.2. The molecule has 4 aromatic rings. The van der Waals surface area contributed by atoms with Gasteiger partial charge in [0.2, 0.25) is 11.7 Å². The van der Waals surface area contributed by atoms with Crippen LogP contribution in [-0.2, 0) is 27.4 Å². The van der Waals surface area contributed by atoms with E-state index in [1.165, 1.54) is 21.0 Å². The first-order chi connectivity index (χ1) is 19.0. The summed E-state index contributed by atoms with van der Waals surface area (Å²) in [6.45, 7) is 2.87. The van der Waals surface area contributed by atoms with Gasteiger partial charge in [0.15, 0.2) is 6.04 Å². The summed E-state index contributed by atoms with van der Waals surface area (Å²) < 4.78 is 16.7. The third-order valence-electron chi connectivity index (χ3n) is 6.42. The minimum absolute atomic E-state index is 0.0369. The average molecular weight is 551 g/mol. The molecule has 39 heavy (non-hydrogen) atoms. The maximum atomic E-state index is 13.8. The molecular formula is C27H30N6O5S. The number of furan rings is 1. The van der Waals surface area contributed by atoms with Gasteiger partial charge in [-0.1, -0.05) is 6.07 Å². The third-order valence-corrected chi connectivity index (χ3v) is 7.28. The van der Waals surface area contributed by atoms with Gasteiger partial charge in [-0.05, 0) is 72.8 Å². The van der Waals surface area contributed by atoms with Crippen LogP contribution in [0.25, 0.3) is 11.4 Å². The van der Waals surface area contributed by atoms with Crippen molar-refractivity contribution in [1.82, 2.24) is 30.4 Å². The molecule has 1 aliphatic rings. The van der Waals surface area contributed by atoms with Gasteiger partial charge in [0.1, 0.15) is 23.8 Å². The Balaban J connectivity index is 1.39. The molecule has 4 heterocycles. The number of aryl methyl sites for hydroxylation is 1. The summed E-state index contributed by atoms with van der Waals surface area (Å²) in [5.41, 5.74) is 0.738. The van der Waals surface area contributed by atoms with Crippen molar-refractivity contribution < 1.29 is 23.5 Å². The van der Waals surface area contributed by atoms with Crippen LogP contribution in [0.4, 0.5) is 0 Å². The Kier molecular flexibility index (Phi) is 8.33. The summed E-state index contributed by atoms with van der Waals surface area (Å²) in [6, 6.07) is 13.6. The fourth-order valence-electron chi connectivity index (χ4n) is 4.41. The second-order valence-electron chi connectivity index (χ2n) is 9.20. The van der Waals surface area contributed by atoms with E-state index in [1.807, 2.05) is 29.6 Å². The summed E-state index contributed by atoms with van der Waals surface area (Å²) in [5, 5.41) is 17.5. The van der Waals surface area contributed by atoms with Gasteiger partial charge >= 0.3 is 0 Å². The normalized spacial score (nSPS) is 15.7. The van der Waals surface area contributed by atoms with Crippen molar-refractivity contribution in [2.45, 2.75) is 45.0 Å². The van der Waals surface area contributed by atoms with E-state index in [2.05, 4.69) is 20.7 Å². The van der Waals surface area contributed by atoms with E-state index in [4.69, 9.17) is 13.9 Å². The van der Waals surface area contributed by atoms with Crippen LogP contribution in [0.1, 0.15) is 35.3 Å². The molecule has 1 aromatic carbocycles. The topological polar surface area (TPSA) is 125 Å². The molecule has 0 bridgehead atoms. The lowest BCUT2D eigenvalue weighted by molar-refractivity contribution is -0.143. The molecule has 0 saturated carbocycles. The van der Waals surface area contributed by atoms with Gasteiger partial charge in [-0.3, -0.25) is 9.59 Å². The number of nitrogens with zero attached hydrogens (tertiary/aromatic N) is 5. The highest BCUT2D eigenvalue weighted by Crippen LogP contribution is 2.27. The zero-order chi connectivity index (χ0) is 27.2. The molecule has 11 nitrogen and oxygen atoms in total. The quantitative estimate of drug-likeness (QED) is 0.301. The van der Waals surface area contributed by atoms with Crippen molar-refractivity contribution in [3.8, 4) is 17.1 Å². The Morgan fingerprint density at radius 2 is 2.08 bits per heavy atom. The number of ether oxygens (including phenoxy) is 2. The molecular weight excluding hydrogens is 520 g/mol. The number of amides is 2. The molecule has 1 aliphatic heterocycles. The molecule has 12 heteroatoms. The van der Waals surface area contributed by atoms with Crippen molar-refractivity contribution >= 4 is 23.2 Å². The van der Waals surface area contributed by atoms with Crippen LogP contribution in [-0.4, -0.2) is 63.3 Å². The van der Waals surface area contributed by atoms with Gasteiger partial charge in [-0.2, -0.15) is 4.80 Å². The van der Waals surface area contributed by atoms with Gasteiger partial charge in [-0.15, -0.1) is 21.5 Å². The van der Waals surface area contributed by atoms with Gasteiger partial charge in [0.05, 0.1) is 19.8 Å². The zero-order valence-corrected chi connectivity index (χ0v) is 22.6. The lowest BCUT2D eigenvalue weighted by atomic mass is 10.1. The van der Waals surface area contributed by atoms with Crippen LogP contribution in [0.3, 0.4) is 0 Å². The average Bonchev–Trinajstić information content (AvgIpc) is 3.76. The molecule has 0 aliphatic carbocycles. The summed E-state index contributed by atoms with van der Waals surface area (Å²) in [6.07, 6.45) is 1.82. The first kappa shape index (κ1) is 26.6. The minimum Gasteiger partial charge on any atom is -0.497 e. The standard InChI is InChI=1S/C27H30N6O5S/c1-18-7-12-23(38-18)25(27(35)28-15-21-5-3-13-37-21)32(16-22-6-4-14-39-22)24(34)17-33-30-26(29-31-33)19-8-10-20(36-2)11-9-19/h4,6-12,14,21,25H,3,5,13,15-17H2,1-2H3,(H,28,35)/t21-,25-/m0/s1. The SMILES string of the molecule is COc1ccc(-c2nnn(CC(=O)N(Cc3cccs3)[C@H](C(=O)NC[C@@H]3CCCO3)c3ccc(C)o3)n2)cc1. The van der Waals surface area contributed by atoms with Crippen molar-refractivity contribution in [2.24, 2.45) is 0 Å². The Hall–Kier alpha value is -4.03. The van der Waals surface area contributed by atoms with Crippen LogP contribution in [0.15, 0.2) is 58.3 Å². The predicted octanol–water partition coefficient (Wildman–Crippen LogP) is 3.38. The minimum atomic E-state index is -0.987. The van der Waals surface area contributed by atoms with Crippen molar-refractivity contribution in [3.63, 3.8) is 0 Å². The first-order valence-electron chi connectivity index (χ1n) is 12.7. The maximum absolute atomic E-state index is 13.8. The molecule has 1 N–H and O–H groups in total. The van der Waals surface area contributed by atoms with Crippen LogP contribution in [0.2, 0.25) is 0 Å². The van der Waals surface area contributed by atoms with E-state index in [-0.39, 0.29) is 31.0 Å². The third kappa shape index (κ3) is 6.52. The number of thiophene rings is 1. The fraction of sp³-hybridized carbons (Fsp3) is 0.370. The summed E-state index contributed by atoms with van der Waals surface area (Å²) in [5.74, 6) is 1.43. The molecule has 1 saturated heterocycles. The number of rotatable bonds is 11. The van der Waals surface area contributed by atoms with Gasteiger partial charge < -0.3 is 24.1 Å². The molecule has 0 radical (unpaired) electrons. The van der Waals surface area contributed by atoms with Crippen LogP contribution < -0.4 is 10.1 Å². The number of benzene rings is 1. The van der Waals surface area contributed by atoms with Crippen LogP contribution in [0.5, 0.6) is 5.75 Å². The smallest absolute Gasteiger partial charge is 0.250 e. The predicted molar refractivity (Wildman–Crippen MR) is 143 cm³/mol. The second kappa shape index (κ2) is 12.2. The number of carbonyl (C=O) groups excluding carboxylic acids is 2. The maximum Gasteiger partial charge on any atom is 0.250 e. The number of methoxy groups -OCH3 is 1. The monoisotopic (exact) mass is 550 g/mol. The molecule has 3 aromatic heterocycles. The van der Waals surface area contributed by atoms with Gasteiger partial charge in [0.25, 0.3) is 5.91 Å². The molecule has 0 unspecified atom stereocenters. The van der Waals surface area contributed by atoms with Gasteiger partial charge in [-0.25, -0.2) is 0 Å². The largest absolute Gasteiger partial charge is 0.497 e. The summed E-state index contributed by atoms with van der Waals surface area (Å²) in [4.78, 5) is 31.1. The number of hydrogen-bond acceptors (Lipinski definition) is 9. The van der Waals surface area contributed by atoms with E-state index in [0.29, 0.717) is 36.2 Å². The summed E-state index contributed by atoms with van der Waals surface area (Å²) in [7, 11) is 1.59. The highest BCUT2D eigenvalue weighted by molar-refractivity contribution is 7.09. The van der Waals surface area contributed by atoms with Crippen LogP contribution in [0, 0.1) is 6.92 Å². The van der Waals surface area contributed by atoms with E-state index < -0.39 is 6.04 Å². The Morgan fingerprint density at radius 1 is 1.23 bits per heavy atom. The molecule has 204 valence electrons. The van der Waals surface area contributed by atoms with Crippen LogP contribution >= 0.6 is 11.3 Å². The lowest BCUT2D eigenvalue weighted by Crippen LogP contribution is -2.46. The molecule has 0 spiro atoms.